The van der Waals surface area contributed by atoms with Crippen molar-refractivity contribution in [2.75, 3.05) is 0 Å². The molecule has 6 nitrogen and oxygen atoms in total. The van der Waals surface area contributed by atoms with E-state index in [0.29, 0.717) is 18.3 Å². The Morgan fingerprint density at radius 2 is 1.65 bits per heavy atom. The van der Waals surface area contributed by atoms with Crippen LogP contribution in [0.1, 0.15) is 90.4 Å². The summed E-state index contributed by atoms with van der Waals surface area (Å²) in [6.07, 6.45) is 12.8. The molecule has 2 aliphatic rings. The summed E-state index contributed by atoms with van der Waals surface area (Å²) >= 11 is 0. The fourth-order valence-corrected chi connectivity index (χ4v) is 4.56. The first-order valence-corrected chi connectivity index (χ1v) is 10.5. The maximum Gasteiger partial charge on any atom is 0.303 e. The quantitative estimate of drug-likeness (QED) is 0.240. The molecule has 0 aromatic rings. The van der Waals surface area contributed by atoms with Gasteiger partial charge in [0.15, 0.2) is 0 Å². The molecule has 0 spiro atoms. The van der Waals surface area contributed by atoms with E-state index in [1.54, 1.807) is 0 Å². The van der Waals surface area contributed by atoms with Gasteiger partial charge in [-0.1, -0.05) is 45.4 Å². The van der Waals surface area contributed by atoms with E-state index in [1.165, 1.54) is 32.1 Å². The van der Waals surface area contributed by atoms with Crippen molar-refractivity contribution in [1.29, 1.82) is 0 Å². The van der Waals surface area contributed by atoms with Crippen LogP contribution in [-0.4, -0.2) is 34.6 Å². The molecule has 26 heavy (non-hydrogen) atoms. The van der Waals surface area contributed by atoms with Crippen LogP contribution in [-0.2, 0) is 19.5 Å². The van der Waals surface area contributed by atoms with Crippen LogP contribution in [0.25, 0.3) is 0 Å². The van der Waals surface area contributed by atoms with Crippen molar-refractivity contribution in [2.45, 2.75) is 109 Å². The van der Waals surface area contributed by atoms with Gasteiger partial charge in [0.1, 0.15) is 0 Å². The number of carbonyl (C=O) groups is 1. The van der Waals surface area contributed by atoms with Gasteiger partial charge in [0.2, 0.25) is 0 Å². The standard InChI is InChI=1S/C20H36O6/c1-2-3-4-5-6-7-9-15(24-23)12-13-17-16(10-8-11-20(21)22)18-14-19(17)26-25-18/h15-19,23H,2-14H2,1H3,(H,21,22)/t15?,16-,17-,18-,19-/m1/s1. The summed E-state index contributed by atoms with van der Waals surface area (Å²) in [4.78, 5) is 26.2. The molecule has 1 saturated carbocycles. The van der Waals surface area contributed by atoms with E-state index >= 15 is 0 Å². The van der Waals surface area contributed by atoms with Crippen LogP contribution in [0.2, 0.25) is 0 Å². The van der Waals surface area contributed by atoms with Crippen molar-refractivity contribution < 1.29 is 29.8 Å². The molecule has 2 rings (SSSR count). The zero-order valence-corrected chi connectivity index (χ0v) is 16.1. The minimum atomic E-state index is -0.741. The largest absolute Gasteiger partial charge is 0.481 e. The second-order valence-corrected chi connectivity index (χ2v) is 7.98. The number of hydrogen-bond acceptors (Lipinski definition) is 5. The van der Waals surface area contributed by atoms with Crippen molar-refractivity contribution in [3.63, 3.8) is 0 Å². The molecule has 6 heteroatoms. The normalized spacial score (nSPS) is 28.5. The van der Waals surface area contributed by atoms with Crippen LogP contribution >= 0.6 is 0 Å². The van der Waals surface area contributed by atoms with Crippen molar-refractivity contribution in [2.24, 2.45) is 11.8 Å². The lowest BCUT2D eigenvalue weighted by Crippen LogP contribution is -2.31. The van der Waals surface area contributed by atoms with Gasteiger partial charge in [-0.25, -0.2) is 14.7 Å². The molecular formula is C20H36O6. The van der Waals surface area contributed by atoms with Gasteiger partial charge in [0.25, 0.3) is 0 Å². The Morgan fingerprint density at radius 3 is 2.31 bits per heavy atom. The third kappa shape index (κ3) is 6.80. The highest BCUT2D eigenvalue weighted by atomic mass is 17.2. The molecule has 0 amide bonds. The third-order valence-electron chi connectivity index (χ3n) is 6.05. The van der Waals surface area contributed by atoms with Crippen LogP contribution < -0.4 is 0 Å². The number of carboxylic acids is 1. The van der Waals surface area contributed by atoms with Crippen LogP contribution in [0.4, 0.5) is 0 Å². The molecule has 152 valence electrons. The Balaban J connectivity index is 1.68. The smallest absolute Gasteiger partial charge is 0.303 e. The molecule has 2 bridgehead atoms. The summed E-state index contributed by atoms with van der Waals surface area (Å²) < 4.78 is 0. The summed E-state index contributed by atoms with van der Waals surface area (Å²) in [6, 6.07) is 0. The maximum atomic E-state index is 10.8. The summed E-state index contributed by atoms with van der Waals surface area (Å²) in [5.74, 6) is 0.000733. The van der Waals surface area contributed by atoms with Crippen molar-refractivity contribution in [3.05, 3.63) is 0 Å². The van der Waals surface area contributed by atoms with Gasteiger partial charge in [-0.3, -0.25) is 10.1 Å². The minimum absolute atomic E-state index is 0.103. The molecule has 1 aliphatic carbocycles. The molecule has 5 atom stereocenters. The predicted octanol–water partition coefficient (Wildman–Crippen LogP) is 4.97. The van der Waals surface area contributed by atoms with Gasteiger partial charge in [-0.2, -0.15) is 0 Å². The molecule has 1 unspecified atom stereocenters. The van der Waals surface area contributed by atoms with Gasteiger partial charge in [-0.05, 0) is 43.9 Å². The summed E-state index contributed by atoms with van der Waals surface area (Å²) in [5, 5.41) is 18.1. The number of unbranched alkanes of at least 4 members (excludes halogenated alkanes) is 5. The number of rotatable bonds is 15. The fraction of sp³-hybridized carbons (Fsp3) is 0.950. The van der Waals surface area contributed by atoms with Crippen molar-refractivity contribution in [1.82, 2.24) is 0 Å². The van der Waals surface area contributed by atoms with Gasteiger partial charge >= 0.3 is 5.97 Å². The predicted molar refractivity (Wildman–Crippen MR) is 97.6 cm³/mol. The molecule has 1 saturated heterocycles. The van der Waals surface area contributed by atoms with Crippen LogP contribution in [0.5, 0.6) is 0 Å². The average molecular weight is 373 g/mol. The van der Waals surface area contributed by atoms with Crippen molar-refractivity contribution >= 4 is 5.97 Å². The average Bonchev–Trinajstić information content (AvgIpc) is 3.22. The van der Waals surface area contributed by atoms with Crippen LogP contribution in [0.15, 0.2) is 0 Å². The second-order valence-electron chi connectivity index (χ2n) is 7.98. The van der Waals surface area contributed by atoms with E-state index in [4.69, 9.17) is 19.8 Å². The third-order valence-corrected chi connectivity index (χ3v) is 6.05. The first kappa shape index (κ1) is 21.6. The van der Waals surface area contributed by atoms with Gasteiger partial charge in [-0.15, -0.1) is 0 Å². The molecule has 1 aliphatic heterocycles. The van der Waals surface area contributed by atoms with Crippen LogP contribution in [0.3, 0.4) is 0 Å². The molecule has 0 aromatic carbocycles. The number of aliphatic carboxylic acids is 1. The van der Waals surface area contributed by atoms with Crippen molar-refractivity contribution in [3.8, 4) is 0 Å². The SMILES string of the molecule is CCCCCCCCC(CC[C@@H]1[C@@H](CCCC(=O)O)[C@H]2C[C@H]1OO2)OO. The van der Waals surface area contributed by atoms with E-state index in [9.17, 15) is 10.1 Å². The van der Waals surface area contributed by atoms with E-state index in [0.717, 1.165) is 38.5 Å². The first-order valence-electron chi connectivity index (χ1n) is 10.5. The van der Waals surface area contributed by atoms with Gasteiger partial charge in [0, 0.05) is 12.8 Å². The molecule has 2 fully saturated rings. The summed E-state index contributed by atoms with van der Waals surface area (Å²) in [6.45, 7) is 2.22. The maximum absolute atomic E-state index is 10.8. The Kier molecular flexibility index (Phi) is 9.89. The Labute approximate surface area is 157 Å². The lowest BCUT2D eigenvalue weighted by atomic mass is 9.84. The molecular weight excluding hydrogens is 336 g/mol. The van der Waals surface area contributed by atoms with Gasteiger partial charge < -0.3 is 5.11 Å². The minimum Gasteiger partial charge on any atom is -0.481 e. The number of carboxylic acid groups (broad SMARTS) is 1. The highest BCUT2D eigenvalue weighted by Crippen LogP contribution is 2.46. The molecule has 1 heterocycles. The van der Waals surface area contributed by atoms with Crippen LogP contribution in [0, 0.1) is 11.8 Å². The molecule has 0 radical (unpaired) electrons. The highest BCUT2D eigenvalue weighted by molar-refractivity contribution is 5.66. The Morgan fingerprint density at radius 1 is 1.00 bits per heavy atom. The van der Waals surface area contributed by atoms with Gasteiger partial charge in [0.05, 0.1) is 18.3 Å². The Hall–Kier alpha value is -0.690. The Bertz CT molecular complexity index is 402. The lowest BCUT2D eigenvalue weighted by Gasteiger charge is -2.30. The zero-order valence-electron chi connectivity index (χ0n) is 16.1. The fourth-order valence-electron chi connectivity index (χ4n) is 4.56. The monoisotopic (exact) mass is 372 g/mol. The first-order chi connectivity index (χ1) is 12.7. The highest BCUT2D eigenvalue weighted by Gasteiger charge is 2.50. The second kappa shape index (κ2) is 11.9. The number of fused-ring (bicyclic) bond motifs is 2. The summed E-state index contributed by atoms with van der Waals surface area (Å²) in [7, 11) is 0. The molecule has 0 aromatic heterocycles. The van der Waals surface area contributed by atoms with E-state index in [2.05, 4.69) is 6.92 Å². The topological polar surface area (TPSA) is 85.2 Å². The van der Waals surface area contributed by atoms with E-state index < -0.39 is 5.97 Å². The molecule has 2 N–H and O–H groups in total. The summed E-state index contributed by atoms with van der Waals surface area (Å²) in [5.41, 5.74) is 0. The van der Waals surface area contributed by atoms with E-state index in [1.807, 2.05) is 0 Å². The van der Waals surface area contributed by atoms with E-state index in [-0.39, 0.29) is 24.7 Å². The lowest BCUT2D eigenvalue weighted by molar-refractivity contribution is -0.343. The zero-order chi connectivity index (χ0) is 18.8. The number of hydrogen-bond donors (Lipinski definition) is 2.